The molecule has 1 aliphatic heterocycles. The van der Waals surface area contributed by atoms with Crippen molar-refractivity contribution in [3.8, 4) is 6.07 Å². The standard InChI is InChI=1S/C10H15NO4/c1-9(6-4-3-5-7-12)13-10(2,8-11)15-14-9/h7H,3-6H2,1-2H3/t9-,10-/m0/s1. The first-order valence-corrected chi connectivity index (χ1v) is 4.95. The number of nitriles is 1. The molecule has 2 atom stereocenters. The maximum Gasteiger partial charge on any atom is 0.289 e. The first-order chi connectivity index (χ1) is 7.04. The van der Waals surface area contributed by atoms with Crippen molar-refractivity contribution in [2.24, 2.45) is 0 Å². The number of unbranched alkanes of at least 4 members (excludes halogenated alkanes) is 2. The van der Waals surface area contributed by atoms with Crippen LogP contribution in [0.4, 0.5) is 0 Å². The number of carbonyl (C=O) groups excluding carboxylic acids is 1. The molecule has 5 nitrogen and oxygen atoms in total. The molecule has 0 saturated carbocycles. The molecule has 5 heteroatoms. The smallest absolute Gasteiger partial charge is 0.289 e. The second kappa shape index (κ2) is 4.71. The molecule has 0 aromatic heterocycles. The minimum Gasteiger partial charge on any atom is -0.303 e. The summed E-state index contributed by atoms with van der Waals surface area (Å²) >= 11 is 0. The number of aldehydes is 1. The lowest BCUT2D eigenvalue weighted by molar-refractivity contribution is -0.336. The Balaban J connectivity index is 2.36. The molecule has 0 aromatic carbocycles. The van der Waals surface area contributed by atoms with Crippen LogP contribution in [0.15, 0.2) is 0 Å². The summed E-state index contributed by atoms with van der Waals surface area (Å²) in [6.45, 7) is 3.22. The predicted molar refractivity (Wildman–Crippen MR) is 50.2 cm³/mol. The van der Waals surface area contributed by atoms with Gasteiger partial charge in [-0.2, -0.15) is 15.0 Å². The highest BCUT2D eigenvalue weighted by Gasteiger charge is 2.47. The molecule has 0 amide bonds. The molecule has 0 N–H and O–H groups in total. The quantitative estimate of drug-likeness (QED) is 0.395. The number of hydrogen-bond donors (Lipinski definition) is 0. The van der Waals surface area contributed by atoms with Gasteiger partial charge in [0, 0.05) is 19.8 Å². The largest absolute Gasteiger partial charge is 0.303 e. The number of rotatable bonds is 5. The van der Waals surface area contributed by atoms with E-state index in [0.29, 0.717) is 12.8 Å². The van der Waals surface area contributed by atoms with E-state index in [1.54, 1.807) is 6.92 Å². The summed E-state index contributed by atoms with van der Waals surface area (Å²) < 4.78 is 5.37. The maximum atomic E-state index is 10.1. The van der Waals surface area contributed by atoms with Gasteiger partial charge in [-0.3, -0.25) is 0 Å². The lowest BCUT2D eigenvalue weighted by Gasteiger charge is -2.20. The van der Waals surface area contributed by atoms with Crippen molar-refractivity contribution in [2.45, 2.75) is 51.1 Å². The van der Waals surface area contributed by atoms with Gasteiger partial charge in [-0.25, -0.2) is 0 Å². The van der Waals surface area contributed by atoms with E-state index in [1.807, 2.05) is 6.07 Å². The summed E-state index contributed by atoms with van der Waals surface area (Å²) in [6, 6.07) is 1.87. The molecule has 0 bridgehead atoms. The molecule has 1 heterocycles. The lowest BCUT2D eigenvalue weighted by Crippen LogP contribution is -2.31. The van der Waals surface area contributed by atoms with Crippen molar-refractivity contribution < 1.29 is 19.3 Å². The monoisotopic (exact) mass is 213 g/mol. The Kier molecular flexibility index (Phi) is 3.80. The van der Waals surface area contributed by atoms with Crippen LogP contribution >= 0.6 is 0 Å². The van der Waals surface area contributed by atoms with Gasteiger partial charge in [-0.05, 0) is 19.8 Å². The Labute approximate surface area is 88.8 Å². The summed E-state index contributed by atoms with van der Waals surface area (Å²) in [7, 11) is 0. The van der Waals surface area contributed by atoms with Gasteiger partial charge in [0.15, 0.2) is 0 Å². The molecule has 0 spiro atoms. The zero-order valence-electron chi connectivity index (χ0n) is 8.99. The number of hydrogen-bond acceptors (Lipinski definition) is 5. The van der Waals surface area contributed by atoms with Crippen molar-refractivity contribution in [2.75, 3.05) is 0 Å². The molecule has 0 unspecified atom stereocenters. The van der Waals surface area contributed by atoms with Crippen LogP contribution < -0.4 is 0 Å². The van der Waals surface area contributed by atoms with Crippen LogP contribution in [0.1, 0.15) is 39.5 Å². The van der Waals surface area contributed by atoms with Crippen molar-refractivity contribution in [1.29, 1.82) is 5.26 Å². The molecule has 15 heavy (non-hydrogen) atoms. The van der Waals surface area contributed by atoms with Gasteiger partial charge >= 0.3 is 0 Å². The topological polar surface area (TPSA) is 68.5 Å². The van der Waals surface area contributed by atoms with E-state index in [2.05, 4.69) is 0 Å². The van der Waals surface area contributed by atoms with E-state index < -0.39 is 11.6 Å². The number of ether oxygens (including phenoxy) is 1. The van der Waals surface area contributed by atoms with Gasteiger partial charge < -0.3 is 9.53 Å². The first-order valence-electron chi connectivity index (χ1n) is 4.95. The fourth-order valence-corrected chi connectivity index (χ4v) is 1.42. The van der Waals surface area contributed by atoms with Crippen LogP contribution in [-0.4, -0.2) is 17.9 Å². The molecule has 1 saturated heterocycles. The fraction of sp³-hybridized carbons (Fsp3) is 0.800. The van der Waals surface area contributed by atoms with Crippen LogP contribution in [0, 0.1) is 11.3 Å². The Morgan fingerprint density at radius 2 is 2.07 bits per heavy atom. The third-order valence-corrected chi connectivity index (χ3v) is 2.19. The molecule has 0 aliphatic carbocycles. The van der Waals surface area contributed by atoms with Crippen molar-refractivity contribution in [3.63, 3.8) is 0 Å². The highest BCUT2D eigenvalue weighted by atomic mass is 17.3. The fourth-order valence-electron chi connectivity index (χ4n) is 1.42. The molecule has 0 radical (unpaired) electrons. The van der Waals surface area contributed by atoms with Crippen LogP contribution in [0.5, 0.6) is 0 Å². The van der Waals surface area contributed by atoms with Crippen LogP contribution in [0.3, 0.4) is 0 Å². The average Bonchev–Trinajstić information content (AvgIpc) is 2.52. The summed E-state index contributed by atoms with van der Waals surface area (Å²) in [6.07, 6.45) is 3.59. The van der Waals surface area contributed by atoms with E-state index in [0.717, 1.165) is 19.1 Å². The summed E-state index contributed by atoms with van der Waals surface area (Å²) in [5.74, 6) is -2.20. The van der Waals surface area contributed by atoms with Gasteiger partial charge in [0.1, 0.15) is 12.4 Å². The molecule has 1 rings (SSSR count). The molecular formula is C10H15NO4. The molecular weight excluding hydrogens is 198 g/mol. The summed E-state index contributed by atoms with van der Waals surface area (Å²) in [5.41, 5.74) is 0. The SMILES string of the molecule is C[C@@]1(C#N)OO[C@@](C)(CCCCC=O)O1. The second-order valence-corrected chi connectivity index (χ2v) is 3.87. The Bertz CT molecular complexity index is 275. The number of nitrogens with zero attached hydrogens (tertiary/aromatic N) is 1. The van der Waals surface area contributed by atoms with Gasteiger partial charge in [0.05, 0.1) is 0 Å². The van der Waals surface area contributed by atoms with Crippen molar-refractivity contribution in [3.05, 3.63) is 0 Å². The van der Waals surface area contributed by atoms with E-state index in [9.17, 15) is 4.79 Å². The second-order valence-electron chi connectivity index (χ2n) is 3.87. The molecule has 1 aliphatic rings. The third kappa shape index (κ3) is 3.27. The van der Waals surface area contributed by atoms with Gasteiger partial charge in [-0.15, -0.1) is 0 Å². The van der Waals surface area contributed by atoms with E-state index in [4.69, 9.17) is 19.8 Å². The molecule has 84 valence electrons. The Hall–Kier alpha value is -0.960. The zero-order chi connectivity index (χ0) is 11.4. The average molecular weight is 213 g/mol. The van der Waals surface area contributed by atoms with Gasteiger partial charge in [0.2, 0.25) is 5.79 Å². The van der Waals surface area contributed by atoms with E-state index >= 15 is 0 Å². The van der Waals surface area contributed by atoms with Gasteiger partial charge in [0.25, 0.3) is 5.79 Å². The summed E-state index contributed by atoms with van der Waals surface area (Å²) in [4.78, 5) is 19.9. The van der Waals surface area contributed by atoms with Gasteiger partial charge in [-0.1, -0.05) is 0 Å². The van der Waals surface area contributed by atoms with Crippen LogP contribution in [0.25, 0.3) is 0 Å². The van der Waals surface area contributed by atoms with Crippen molar-refractivity contribution >= 4 is 6.29 Å². The molecule has 0 aromatic rings. The Morgan fingerprint density at radius 1 is 1.33 bits per heavy atom. The molecule has 1 fully saturated rings. The normalized spacial score (nSPS) is 35.0. The Morgan fingerprint density at radius 3 is 2.60 bits per heavy atom. The summed E-state index contributed by atoms with van der Waals surface area (Å²) in [5, 5.41) is 8.74. The highest BCUT2D eigenvalue weighted by Crippen LogP contribution is 2.35. The zero-order valence-corrected chi connectivity index (χ0v) is 8.99. The first kappa shape index (κ1) is 12.1. The minimum absolute atomic E-state index is 0.534. The van der Waals surface area contributed by atoms with Crippen LogP contribution in [0.2, 0.25) is 0 Å². The predicted octanol–water partition coefficient (Wildman–Crippen LogP) is 1.68. The van der Waals surface area contributed by atoms with E-state index in [1.165, 1.54) is 6.92 Å². The maximum absolute atomic E-state index is 10.1. The number of carbonyl (C=O) groups is 1. The van der Waals surface area contributed by atoms with E-state index in [-0.39, 0.29) is 0 Å². The third-order valence-electron chi connectivity index (χ3n) is 2.19. The van der Waals surface area contributed by atoms with Crippen LogP contribution in [-0.2, 0) is 19.3 Å². The lowest BCUT2D eigenvalue weighted by atomic mass is 10.1. The van der Waals surface area contributed by atoms with Crippen molar-refractivity contribution in [1.82, 2.24) is 0 Å². The highest BCUT2D eigenvalue weighted by molar-refractivity contribution is 5.48. The minimum atomic E-state index is -1.32.